The summed E-state index contributed by atoms with van der Waals surface area (Å²) < 4.78 is 5.61. The second-order valence-electron chi connectivity index (χ2n) is 4.52. The summed E-state index contributed by atoms with van der Waals surface area (Å²) in [6.45, 7) is 3.94. The van der Waals surface area contributed by atoms with Gasteiger partial charge in [0.1, 0.15) is 11.9 Å². The number of aromatic nitrogens is 2. The summed E-state index contributed by atoms with van der Waals surface area (Å²) in [6.07, 6.45) is 3.11. The van der Waals surface area contributed by atoms with E-state index in [2.05, 4.69) is 9.97 Å². The fraction of sp³-hybridized carbons (Fsp3) is 0.667. The van der Waals surface area contributed by atoms with Gasteiger partial charge in [-0.1, -0.05) is 13.3 Å². The number of H-pyrrole nitrogens is 1. The fourth-order valence-corrected chi connectivity index (χ4v) is 2.13. The SMILES string of the molecule is CCCc1c(O)nc(C2CCC(C)O2)[nH]c1=O. The molecule has 1 aromatic heterocycles. The molecule has 17 heavy (non-hydrogen) atoms. The standard InChI is InChI=1S/C12H18N2O3/c1-3-4-8-11(15)13-10(14-12(8)16)9-6-5-7(2)17-9/h7,9H,3-6H2,1-2H3,(H2,13,14,15,16). The highest BCUT2D eigenvalue weighted by Gasteiger charge is 2.26. The molecule has 2 rings (SSSR count). The fourth-order valence-electron chi connectivity index (χ4n) is 2.13. The third kappa shape index (κ3) is 2.49. The maximum atomic E-state index is 11.8. The molecular weight excluding hydrogens is 220 g/mol. The Kier molecular flexibility index (Phi) is 3.47. The minimum atomic E-state index is -0.252. The van der Waals surface area contributed by atoms with Crippen LogP contribution in [0, 0.1) is 0 Å². The molecule has 1 aromatic rings. The number of nitrogens with one attached hydrogen (secondary N) is 1. The summed E-state index contributed by atoms with van der Waals surface area (Å²) >= 11 is 0. The van der Waals surface area contributed by atoms with Crippen molar-refractivity contribution in [3.63, 3.8) is 0 Å². The molecule has 0 aliphatic carbocycles. The summed E-state index contributed by atoms with van der Waals surface area (Å²) in [5.74, 6) is 0.283. The van der Waals surface area contributed by atoms with Crippen molar-refractivity contribution in [2.24, 2.45) is 0 Å². The van der Waals surface area contributed by atoms with Crippen LogP contribution in [0.3, 0.4) is 0 Å². The van der Waals surface area contributed by atoms with Crippen molar-refractivity contribution in [1.82, 2.24) is 9.97 Å². The number of aromatic amines is 1. The lowest BCUT2D eigenvalue weighted by Crippen LogP contribution is -2.19. The van der Waals surface area contributed by atoms with Gasteiger partial charge in [-0.15, -0.1) is 0 Å². The molecule has 1 aliphatic heterocycles. The first-order valence-electron chi connectivity index (χ1n) is 6.09. The van der Waals surface area contributed by atoms with Gasteiger partial charge in [-0.2, -0.15) is 4.98 Å². The lowest BCUT2D eigenvalue weighted by molar-refractivity contribution is 0.0497. The molecule has 0 spiro atoms. The Bertz CT molecular complexity index is 456. The highest BCUT2D eigenvalue weighted by molar-refractivity contribution is 5.23. The molecule has 94 valence electrons. The Morgan fingerprint density at radius 3 is 2.82 bits per heavy atom. The molecule has 2 atom stereocenters. The summed E-state index contributed by atoms with van der Waals surface area (Å²) in [6, 6.07) is 0. The van der Waals surface area contributed by atoms with E-state index in [0.717, 1.165) is 19.3 Å². The zero-order valence-electron chi connectivity index (χ0n) is 10.2. The van der Waals surface area contributed by atoms with Crippen LogP contribution < -0.4 is 5.56 Å². The number of ether oxygens (including phenoxy) is 1. The van der Waals surface area contributed by atoms with Crippen molar-refractivity contribution in [3.8, 4) is 5.88 Å². The maximum absolute atomic E-state index is 11.8. The van der Waals surface area contributed by atoms with Crippen LogP contribution in [0.1, 0.15) is 50.6 Å². The van der Waals surface area contributed by atoms with E-state index in [4.69, 9.17) is 4.74 Å². The van der Waals surface area contributed by atoms with E-state index in [0.29, 0.717) is 17.8 Å². The van der Waals surface area contributed by atoms with Gasteiger partial charge in [-0.3, -0.25) is 4.79 Å². The van der Waals surface area contributed by atoms with Crippen LogP contribution in [0.2, 0.25) is 0 Å². The molecule has 2 N–H and O–H groups in total. The van der Waals surface area contributed by atoms with Gasteiger partial charge in [0, 0.05) is 0 Å². The Balaban J connectivity index is 2.29. The van der Waals surface area contributed by atoms with E-state index < -0.39 is 0 Å². The summed E-state index contributed by atoms with van der Waals surface area (Å²) in [5.41, 5.74) is 0.111. The van der Waals surface area contributed by atoms with E-state index in [-0.39, 0.29) is 23.6 Å². The number of hydrogen-bond donors (Lipinski definition) is 2. The molecule has 5 nitrogen and oxygen atoms in total. The van der Waals surface area contributed by atoms with Gasteiger partial charge in [0.25, 0.3) is 5.56 Å². The number of hydrogen-bond acceptors (Lipinski definition) is 4. The van der Waals surface area contributed by atoms with Crippen molar-refractivity contribution in [1.29, 1.82) is 0 Å². The minimum Gasteiger partial charge on any atom is -0.493 e. The van der Waals surface area contributed by atoms with Crippen molar-refractivity contribution in [2.45, 2.75) is 51.7 Å². The smallest absolute Gasteiger partial charge is 0.258 e. The second kappa shape index (κ2) is 4.87. The number of rotatable bonds is 3. The molecule has 0 bridgehead atoms. The van der Waals surface area contributed by atoms with Crippen LogP contribution in [0.25, 0.3) is 0 Å². The third-order valence-electron chi connectivity index (χ3n) is 3.05. The summed E-state index contributed by atoms with van der Waals surface area (Å²) in [7, 11) is 0. The normalized spacial score (nSPS) is 24.1. The highest BCUT2D eigenvalue weighted by atomic mass is 16.5. The first-order valence-corrected chi connectivity index (χ1v) is 6.09. The molecule has 1 aliphatic rings. The average Bonchev–Trinajstić information content (AvgIpc) is 2.70. The quantitative estimate of drug-likeness (QED) is 0.839. The largest absolute Gasteiger partial charge is 0.493 e. The lowest BCUT2D eigenvalue weighted by atomic mass is 10.1. The maximum Gasteiger partial charge on any atom is 0.258 e. The van der Waals surface area contributed by atoms with E-state index in [1.807, 2.05) is 13.8 Å². The monoisotopic (exact) mass is 238 g/mol. The molecule has 0 aromatic carbocycles. The molecule has 2 heterocycles. The minimum absolute atomic E-state index is 0.159. The third-order valence-corrected chi connectivity index (χ3v) is 3.05. The molecule has 2 unspecified atom stereocenters. The van der Waals surface area contributed by atoms with Gasteiger partial charge in [0.2, 0.25) is 5.88 Å². The predicted molar refractivity (Wildman–Crippen MR) is 63.0 cm³/mol. The average molecular weight is 238 g/mol. The number of nitrogens with zero attached hydrogens (tertiary/aromatic N) is 1. The molecular formula is C12H18N2O3. The zero-order chi connectivity index (χ0) is 12.4. The Hall–Kier alpha value is -1.36. The van der Waals surface area contributed by atoms with Crippen LogP contribution in [-0.4, -0.2) is 21.2 Å². The second-order valence-corrected chi connectivity index (χ2v) is 4.52. The van der Waals surface area contributed by atoms with Crippen molar-refractivity contribution in [2.75, 3.05) is 0 Å². The van der Waals surface area contributed by atoms with E-state index >= 15 is 0 Å². The Morgan fingerprint density at radius 2 is 2.29 bits per heavy atom. The van der Waals surface area contributed by atoms with Crippen LogP contribution >= 0.6 is 0 Å². The van der Waals surface area contributed by atoms with E-state index in [1.165, 1.54) is 0 Å². The first-order chi connectivity index (χ1) is 8.11. The van der Waals surface area contributed by atoms with Crippen LogP contribution in [-0.2, 0) is 11.2 Å². The molecule has 0 amide bonds. The topological polar surface area (TPSA) is 75.2 Å². The van der Waals surface area contributed by atoms with Crippen LogP contribution in [0.5, 0.6) is 5.88 Å². The van der Waals surface area contributed by atoms with Gasteiger partial charge in [-0.25, -0.2) is 0 Å². The Morgan fingerprint density at radius 1 is 1.53 bits per heavy atom. The Labute approximate surface area is 99.9 Å². The predicted octanol–water partition coefficient (Wildman–Crippen LogP) is 1.67. The summed E-state index contributed by atoms with van der Waals surface area (Å²) in [4.78, 5) is 18.5. The number of aromatic hydroxyl groups is 1. The molecule has 1 saturated heterocycles. The molecule has 0 radical (unpaired) electrons. The zero-order valence-corrected chi connectivity index (χ0v) is 10.2. The molecule has 1 fully saturated rings. The first kappa shape index (κ1) is 12.1. The van der Waals surface area contributed by atoms with Gasteiger partial charge in [0.05, 0.1) is 11.7 Å². The van der Waals surface area contributed by atoms with Crippen molar-refractivity contribution < 1.29 is 9.84 Å². The molecule has 0 saturated carbocycles. The van der Waals surface area contributed by atoms with Gasteiger partial charge >= 0.3 is 0 Å². The van der Waals surface area contributed by atoms with Crippen LogP contribution in [0.15, 0.2) is 4.79 Å². The summed E-state index contributed by atoms with van der Waals surface area (Å²) in [5, 5.41) is 9.74. The van der Waals surface area contributed by atoms with Crippen molar-refractivity contribution in [3.05, 3.63) is 21.7 Å². The lowest BCUT2D eigenvalue weighted by Gasteiger charge is -2.11. The van der Waals surface area contributed by atoms with E-state index in [9.17, 15) is 9.90 Å². The van der Waals surface area contributed by atoms with E-state index in [1.54, 1.807) is 0 Å². The molecule has 5 heteroatoms. The van der Waals surface area contributed by atoms with Gasteiger partial charge < -0.3 is 14.8 Å². The van der Waals surface area contributed by atoms with Gasteiger partial charge in [0.15, 0.2) is 0 Å². The van der Waals surface area contributed by atoms with Crippen LogP contribution in [0.4, 0.5) is 0 Å². The van der Waals surface area contributed by atoms with Crippen molar-refractivity contribution >= 4 is 0 Å². The highest BCUT2D eigenvalue weighted by Crippen LogP contribution is 2.30. The van der Waals surface area contributed by atoms with Gasteiger partial charge in [-0.05, 0) is 26.2 Å².